The van der Waals surface area contributed by atoms with Crippen LogP contribution in [0.5, 0.6) is 0 Å². The Balaban J connectivity index is 0.000000156. The highest BCUT2D eigenvalue weighted by Crippen LogP contribution is 2.39. The molecule has 0 unspecified atom stereocenters. The molecule has 0 spiro atoms. The predicted octanol–water partition coefficient (Wildman–Crippen LogP) is 20.0. The summed E-state index contributed by atoms with van der Waals surface area (Å²) in [6.45, 7) is 5.46. The van der Waals surface area contributed by atoms with Crippen molar-refractivity contribution in [2.75, 3.05) is 59.9 Å². The fourth-order valence-electron chi connectivity index (χ4n) is 15.2. The molecule has 3 saturated heterocycles. The number of amides is 6. The molecule has 3 aromatic heterocycles. The molecule has 6 heterocycles. The Hall–Kier alpha value is -10.8. The molecule has 9 aromatic carbocycles. The second-order valence-corrected chi connectivity index (χ2v) is 33.0. The largest absolute Gasteiger partial charge is 0.481 e. The first-order valence-electron chi connectivity index (χ1n) is 39.2. The lowest BCUT2D eigenvalue weighted by Gasteiger charge is -2.32. The average molecular weight is 1770 g/mol. The standard InChI is InChI=1S/C32H28Cl4N4O4.2C30H28Cl2N4O2/c33-23-5-6-26(27(36)16-23)32(44)39-11-8-20(9-12-39)29-17-28(22-13-24(34)15-25(35)14-22)38-40(29)18-19-1-3-21(4-2-19)31(43)37-10-7-30(41)42;2*1-33-29(37)22-9-7-20(8-10-22)19-36-28(18-27(34-36)24-15-25(31)17-26(32)16-24)21-11-13-35(14-12-21)30(38)23-5-3-2-4-6-23/h1-6,13-17,20H,7-12,18H2,(H,37,43)(H,41,42);2*2-10,15-18,21H,11-14,19H2,1H3,(H,33,37). The maximum atomic E-state index is 13.2. The van der Waals surface area contributed by atoms with Gasteiger partial charge in [0.05, 0.1) is 53.7 Å². The number of rotatable bonds is 21. The van der Waals surface area contributed by atoms with Gasteiger partial charge >= 0.3 is 5.97 Å². The van der Waals surface area contributed by atoms with Crippen LogP contribution < -0.4 is 16.0 Å². The molecule has 6 amide bonds. The molecule has 0 radical (unpaired) electrons. The van der Waals surface area contributed by atoms with Gasteiger partial charge in [-0.1, -0.05) is 166 Å². The van der Waals surface area contributed by atoms with Crippen LogP contribution in [0.25, 0.3) is 33.8 Å². The molecule has 4 N–H and O–H groups in total. The van der Waals surface area contributed by atoms with Crippen LogP contribution in [0.2, 0.25) is 40.2 Å². The third kappa shape index (κ3) is 22.4. The summed E-state index contributed by atoms with van der Waals surface area (Å²) in [5.74, 6) is -0.897. The molecule has 28 heteroatoms. The number of hydrogen-bond acceptors (Lipinski definition) is 10. The van der Waals surface area contributed by atoms with Gasteiger partial charge in [-0.05, 0) is 207 Å². The monoisotopic (exact) mass is 1760 g/mol. The Labute approximate surface area is 735 Å². The van der Waals surface area contributed by atoms with Crippen molar-refractivity contribution in [1.29, 1.82) is 0 Å². The third-order valence-electron chi connectivity index (χ3n) is 21.4. The lowest BCUT2D eigenvalue weighted by molar-refractivity contribution is -0.136. The average Bonchev–Trinajstić information content (AvgIpc) is 1.50. The maximum Gasteiger partial charge on any atom is 0.305 e. The molecule has 0 aliphatic carbocycles. The predicted molar refractivity (Wildman–Crippen MR) is 474 cm³/mol. The Morgan fingerprint density at radius 3 is 0.958 bits per heavy atom. The van der Waals surface area contributed by atoms with Gasteiger partial charge < -0.3 is 35.8 Å². The molecule has 3 aliphatic heterocycles. The number of halogens is 8. The summed E-state index contributed by atoms with van der Waals surface area (Å²) < 4.78 is 6.00. The first-order chi connectivity index (χ1) is 57.9. The minimum atomic E-state index is -0.974. The zero-order chi connectivity index (χ0) is 84.7. The van der Waals surface area contributed by atoms with Gasteiger partial charge in [-0.3, -0.25) is 47.6 Å². The number of aliphatic carboxylic acids is 1. The SMILES string of the molecule is CNC(=O)c1ccc(Cn2nc(-c3cc(Cl)cc(Cl)c3)cc2C2CCN(C(=O)c3ccccc3)CC2)cc1.CNC(=O)c1ccc(Cn2nc(-c3cc(Cl)cc(Cl)c3)cc2C2CCN(C(=O)c3ccccc3)CC2)cc1.O=C(O)CCNC(=O)c1ccc(Cn2nc(-c3cc(Cl)cc(Cl)c3)cc2C2CCN(C(=O)c3ccc(Cl)cc3Cl)CC2)cc1. The molecule has 15 rings (SSSR count). The van der Waals surface area contributed by atoms with Gasteiger partial charge in [0.25, 0.3) is 35.4 Å². The summed E-state index contributed by atoms with van der Waals surface area (Å²) in [5, 5.41) is 35.6. The zero-order valence-electron chi connectivity index (χ0n) is 65.5. The summed E-state index contributed by atoms with van der Waals surface area (Å²) in [5.41, 5.74) is 14.6. The van der Waals surface area contributed by atoms with Crippen LogP contribution in [0.3, 0.4) is 0 Å². The van der Waals surface area contributed by atoms with Crippen molar-refractivity contribution in [3.63, 3.8) is 0 Å². The number of benzene rings is 9. The molecule has 120 heavy (non-hydrogen) atoms. The first kappa shape index (κ1) is 87.0. The first-order valence-corrected chi connectivity index (χ1v) is 42.2. The second-order valence-electron chi connectivity index (χ2n) is 29.5. The molecule has 12 aromatic rings. The third-order valence-corrected chi connectivity index (χ3v) is 23.3. The minimum Gasteiger partial charge on any atom is -0.481 e. The Bertz CT molecular complexity index is 5400. The fourth-order valence-corrected chi connectivity index (χ4v) is 17.2. The van der Waals surface area contributed by atoms with E-state index in [9.17, 15) is 33.6 Å². The van der Waals surface area contributed by atoms with E-state index in [-0.39, 0.29) is 66.2 Å². The number of carboxylic acids is 1. The van der Waals surface area contributed by atoms with Crippen molar-refractivity contribution in [2.45, 2.75) is 82.3 Å². The topological polar surface area (TPSA) is 239 Å². The Morgan fingerprint density at radius 2 is 0.658 bits per heavy atom. The van der Waals surface area contributed by atoms with Crippen molar-refractivity contribution >= 4 is 134 Å². The lowest BCUT2D eigenvalue weighted by Crippen LogP contribution is -2.38. The molecular formula is C92H84Cl8N12O8. The molecule has 3 fully saturated rings. The number of hydrogen-bond donors (Lipinski definition) is 4. The van der Waals surface area contributed by atoms with Crippen LogP contribution in [0, 0.1) is 0 Å². The van der Waals surface area contributed by atoms with Gasteiger partial charge in [-0.15, -0.1) is 0 Å². The van der Waals surface area contributed by atoms with E-state index in [1.807, 2.05) is 193 Å². The Morgan fingerprint density at radius 1 is 0.350 bits per heavy atom. The summed E-state index contributed by atoms with van der Waals surface area (Å²) in [6.07, 6.45) is 4.69. The van der Waals surface area contributed by atoms with Gasteiger partial charge in [0.1, 0.15) is 0 Å². The van der Waals surface area contributed by atoms with E-state index in [0.29, 0.717) is 121 Å². The lowest BCUT2D eigenvalue weighted by atomic mass is 9.92. The van der Waals surface area contributed by atoms with E-state index in [4.69, 9.17) is 113 Å². The number of carbonyl (C=O) groups is 7. The smallest absolute Gasteiger partial charge is 0.305 e. The van der Waals surface area contributed by atoms with E-state index in [2.05, 4.69) is 28.1 Å². The quantitative estimate of drug-likeness (QED) is 0.0527. The molecule has 0 saturated carbocycles. The van der Waals surface area contributed by atoms with Crippen LogP contribution >= 0.6 is 92.8 Å². The molecule has 0 atom stereocenters. The van der Waals surface area contributed by atoms with Gasteiger partial charge in [0.2, 0.25) is 0 Å². The van der Waals surface area contributed by atoms with Gasteiger partial charge in [-0.25, -0.2) is 0 Å². The van der Waals surface area contributed by atoms with E-state index in [1.165, 1.54) is 0 Å². The van der Waals surface area contributed by atoms with Crippen LogP contribution in [0.4, 0.5) is 0 Å². The molecule has 3 aliphatic rings. The highest BCUT2D eigenvalue weighted by molar-refractivity contribution is 6.37. The second kappa shape index (κ2) is 40.5. The van der Waals surface area contributed by atoms with E-state index >= 15 is 0 Å². The summed E-state index contributed by atoms with van der Waals surface area (Å²) in [4.78, 5) is 91.8. The van der Waals surface area contributed by atoms with Crippen molar-refractivity contribution in [3.05, 3.63) is 332 Å². The number of nitrogens with zero attached hydrogens (tertiary/aromatic N) is 9. The van der Waals surface area contributed by atoms with Crippen LogP contribution in [0.15, 0.2) is 224 Å². The van der Waals surface area contributed by atoms with E-state index in [1.54, 1.807) is 62.6 Å². The van der Waals surface area contributed by atoms with Crippen molar-refractivity contribution < 1.29 is 38.7 Å². The number of carboxylic acid groups (broad SMARTS) is 1. The molecule has 616 valence electrons. The molecular weight excluding hydrogens is 1680 g/mol. The van der Waals surface area contributed by atoms with Crippen molar-refractivity contribution in [1.82, 2.24) is 60.0 Å². The Kier molecular flexibility index (Phi) is 29.4. The van der Waals surface area contributed by atoms with Crippen LogP contribution in [-0.2, 0) is 24.4 Å². The summed E-state index contributed by atoms with van der Waals surface area (Å²) in [6, 6.07) is 68.4. The zero-order valence-corrected chi connectivity index (χ0v) is 71.5. The van der Waals surface area contributed by atoms with Gasteiger partial charge in [-0.2, -0.15) is 15.3 Å². The van der Waals surface area contributed by atoms with Crippen molar-refractivity contribution in [3.8, 4) is 33.8 Å². The van der Waals surface area contributed by atoms with E-state index in [0.717, 1.165) is 117 Å². The van der Waals surface area contributed by atoms with Gasteiger partial charge in [0, 0.05) is 174 Å². The number of likely N-dealkylation sites (tertiary alicyclic amines) is 3. The van der Waals surface area contributed by atoms with Crippen LogP contribution in [0.1, 0.15) is 159 Å². The number of aromatic nitrogens is 6. The summed E-state index contributed by atoms with van der Waals surface area (Å²) in [7, 11) is 3.24. The molecule has 20 nitrogen and oxygen atoms in total. The normalized spacial score (nSPS) is 13.8. The van der Waals surface area contributed by atoms with Gasteiger partial charge in [0.15, 0.2) is 0 Å². The molecule has 0 bridgehead atoms. The highest BCUT2D eigenvalue weighted by atomic mass is 35.5. The minimum absolute atomic E-state index is 0.0556. The number of nitrogens with one attached hydrogen (secondary N) is 3. The fraction of sp³-hybridized carbons (Fsp3) is 0.239. The van der Waals surface area contributed by atoms with E-state index < -0.39 is 5.97 Å². The number of piperidine rings is 3. The number of carbonyl (C=O) groups excluding carboxylic acids is 6. The van der Waals surface area contributed by atoms with Crippen LogP contribution in [-0.4, -0.2) is 150 Å². The highest BCUT2D eigenvalue weighted by Gasteiger charge is 2.32. The maximum absolute atomic E-state index is 13.2. The summed E-state index contributed by atoms with van der Waals surface area (Å²) >= 11 is 50.0. The van der Waals surface area contributed by atoms with Crippen molar-refractivity contribution in [2.24, 2.45) is 0 Å².